The number of amides is 2. The van der Waals surface area contributed by atoms with Gasteiger partial charge >= 0.3 is 6.03 Å². The first kappa shape index (κ1) is 25.0. The van der Waals surface area contributed by atoms with Gasteiger partial charge in [0, 0.05) is 75.7 Å². The summed E-state index contributed by atoms with van der Waals surface area (Å²) in [4.78, 5) is 40.6. The van der Waals surface area contributed by atoms with E-state index in [1.54, 1.807) is 41.3 Å². The highest BCUT2D eigenvalue weighted by molar-refractivity contribution is 6.30. The summed E-state index contributed by atoms with van der Waals surface area (Å²) in [5.74, 6) is 0.307. The summed E-state index contributed by atoms with van der Waals surface area (Å²) >= 11 is 6.00. The summed E-state index contributed by atoms with van der Waals surface area (Å²) < 4.78 is 14.1. The van der Waals surface area contributed by atoms with Crippen LogP contribution in [0.15, 0.2) is 59.4 Å². The van der Waals surface area contributed by atoms with E-state index in [9.17, 15) is 14.0 Å². The van der Waals surface area contributed by atoms with Gasteiger partial charge in [0.05, 0.1) is 11.4 Å². The van der Waals surface area contributed by atoms with Crippen molar-refractivity contribution < 1.29 is 9.18 Å². The van der Waals surface area contributed by atoms with E-state index < -0.39 is 0 Å². The average Bonchev–Trinajstić information content (AvgIpc) is 2.89. The molecule has 2 aliphatic heterocycles. The lowest BCUT2D eigenvalue weighted by Gasteiger charge is -2.36. The number of carbonyl (C=O) groups excluding carboxylic acids is 1. The van der Waals surface area contributed by atoms with Crippen molar-refractivity contribution in [3.05, 3.63) is 81.5 Å². The molecule has 2 amide bonds. The van der Waals surface area contributed by atoms with Crippen LogP contribution in [0.25, 0.3) is 0 Å². The summed E-state index contributed by atoms with van der Waals surface area (Å²) in [5.41, 5.74) is 1.76. The van der Waals surface area contributed by atoms with Gasteiger partial charge in [-0.3, -0.25) is 14.7 Å². The summed E-state index contributed by atoms with van der Waals surface area (Å²) in [6.07, 6.45) is 0. The highest BCUT2D eigenvalue weighted by Crippen LogP contribution is 2.21. The maximum Gasteiger partial charge on any atom is 0.321 e. The highest BCUT2D eigenvalue weighted by Gasteiger charge is 2.24. The third kappa shape index (κ3) is 6.20. The first-order valence-corrected chi connectivity index (χ1v) is 12.7. The van der Waals surface area contributed by atoms with E-state index >= 15 is 0 Å². The molecule has 2 fully saturated rings. The number of nitrogens with zero attached hydrogens (tertiary/aromatic N) is 5. The molecular formula is C26H29ClFN7O2. The number of piperazine rings is 2. The topological polar surface area (TPSA) is 87.8 Å². The van der Waals surface area contributed by atoms with E-state index in [2.05, 4.69) is 15.2 Å². The van der Waals surface area contributed by atoms with Gasteiger partial charge in [0.15, 0.2) is 0 Å². The van der Waals surface area contributed by atoms with Crippen LogP contribution in [0, 0.1) is 5.82 Å². The molecule has 0 saturated carbocycles. The Kier molecular flexibility index (Phi) is 7.57. The van der Waals surface area contributed by atoms with E-state index in [-0.39, 0.29) is 17.4 Å². The molecule has 9 nitrogen and oxygen atoms in total. The van der Waals surface area contributed by atoms with Gasteiger partial charge in [0.2, 0.25) is 5.95 Å². The fourth-order valence-electron chi connectivity index (χ4n) is 4.70. The molecular weight excluding hydrogens is 497 g/mol. The van der Waals surface area contributed by atoms with Gasteiger partial charge in [-0.15, -0.1) is 0 Å². The Morgan fingerprint density at radius 1 is 0.946 bits per heavy atom. The molecule has 0 unspecified atom stereocenters. The molecule has 2 N–H and O–H groups in total. The van der Waals surface area contributed by atoms with Crippen molar-refractivity contribution in [2.45, 2.75) is 6.54 Å². The predicted octanol–water partition coefficient (Wildman–Crippen LogP) is 3.24. The van der Waals surface area contributed by atoms with E-state index in [1.807, 2.05) is 15.9 Å². The summed E-state index contributed by atoms with van der Waals surface area (Å²) in [6, 6.07) is 15.2. The minimum absolute atomic E-state index is 0.188. The number of hydrogen-bond donors (Lipinski definition) is 2. The van der Waals surface area contributed by atoms with Crippen LogP contribution in [0.5, 0.6) is 0 Å². The zero-order valence-corrected chi connectivity index (χ0v) is 21.1. The molecule has 0 bridgehead atoms. The number of H-pyrrole nitrogens is 1. The van der Waals surface area contributed by atoms with Crippen molar-refractivity contribution in [2.24, 2.45) is 0 Å². The van der Waals surface area contributed by atoms with Crippen LogP contribution < -0.4 is 20.7 Å². The molecule has 0 aliphatic carbocycles. The number of benzene rings is 2. The number of nitrogens with one attached hydrogen (secondary N) is 2. The van der Waals surface area contributed by atoms with Crippen molar-refractivity contribution >= 4 is 35.0 Å². The smallest absolute Gasteiger partial charge is 0.321 e. The van der Waals surface area contributed by atoms with Crippen molar-refractivity contribution in [1.82, 2.24) is 19.8 Å². The van der Waals surface area contributed by atoms with Crippen LogP contribution in [-0.4, -0.2) is 78.2 Å². The lowest BCUT2D eigenvalue weighted by Crippen LogP contribution is -2.51. The number of aromatic amines is 1. The largest absolute Gasteiger partial charge is 0.367 e. The third-order valence-corrected chi connectivity index (χ3v) is 6.91. The Morgan fingerprint density at radius 2 is 1.68 bits per heavy atom. The molecule has 0 spiro atoms. The standard InChI is InChI=1S/C26H29ClFN7O2/c27-19-4-3-5-20(16-19)30-26(37)35-14-12-34(13-15-35)25-29-21(17-24(36)31-25)18-32-8-10-33(11-9-32)23-7-2-1-6-22(23)28/h1-7,16-17H,8-15,18H2,(H,30,37)(H,29,31,36). The van der Waals surface area contributed by atoms with Gasteiger partial charge in [-0.05, 0) is 30.3 Å². The van der Waals surface area contributed by atoms with Gasteiger partial charge in [0.1, 0.15) is 5.82 Å². The zero-order valence-electron chi connectivity index (χ0n) is 20.4. The Hall–Kier alpha value is -3.63. The number of aromatic nitrogens is 2. The van der Waals surface area contributed by atoms with Crippen LogP contribution in [0.1, 0.15) is 5.69 Å². The molecule has 2 aromatic carbocycles. The first-order chi connectivity index (χ1) is 17.9. The maximum absolute atomic E-state index is 14.1. The van der Waals surface area contributed by atoms with Gasteiger partial charge in [-0.2, -0.15) is 0 Å². The Morgan fingerprint density at radius 3 is 2.41 bits per heavy atom. The lowest BCUT2D eigenvalue weighted by molar-refractivity contribution is 0.208. The monoisotopic (exact) mass is 525 g/mol. The molecule has 2 aliphatic rings. The predicted molar refractivity (Wildman–Crippen MR) is 143 cm³/mol. The fourth-order valence-corrected chi connectivity index (χ4v) is 4.89. The molecule has 194 valence electrons. The quantitative estimate of drug-likeness (QED) is 0.532. The Labute approximate surface area is 219 Å². The number of hydrogen-bond acceptors (Lipinski definition) is 6. The molecule has 1 aromatic heterocycles. The first-order valence-electron chi connectivity index (χ1n) is 12.3. The number of para-hydroxylation sites is 1. The van der Waals surface area contributed by atoms with Crippen LogP contribution in [-0.2, 0) is 6.54 Å². The minimum Gasteiger partial charge on any atom is -0.367 e. The normalized spacial score (nSPS) is 16.6. The molecule has 0 radical (unpaired) electrons. The van der Waals surface area contributed by atoms with E-state index in [0.29, 0.717) is 73.9 Å². The molecule has 11 heteroatoms. The molecule has 3 heterocycles. The summed E-state index contributed by atoms with van der Waals surface area (Å²) in [6.45, 7) is 5.55. The van der Waals surface area contributed by atoms with Crippen LogP contribution >= 0.6 is 11.6 Å². The molecule has 0 atom stereocenters. The van der Waals surface area contributed by atoms with Gasteiger partial charge in [-0.25, -0.2) is 14.2 Å². The number of urea groups is 1. The van der Waals surface area contributed by atoms with E-state index in [1.165, 1.54) is 12.1 Å². The van der Waals surface area contributed by atoms with Crippen molar-refractivity contribution in [3.63, 3.8) is 0 Å². The Bertz CT molecular complexity index is 1300. The third-order valence-electron chi connectivity index (χ3n) is 6.68. The number of carbonyl (C=O) groups is 1. The average molecular weight is 526 g/mol. The van der Waals surface area contributed by atoms with Gasteiger partial charge in [0.25, 0.3) is 5.56 Å². The molecule has 3 aromatic rings. The second-order valence-corrected chi connectivity index (χ2v) is 9.63. The second-order valence-electron chi connectivity index (χ2n) is 9.19. The minimum atomic E-state index is -0.209. The van der Waals surface area contributed by atoms with Crippen LogP contribution in [0.4, 0.5) is 26.5 Å². The highest BCUT2D eigenvalue weighted by atomic mass is 35.5. The van der Waals surface area contributed by atoms with Gasteiger partial charge in [-0.1, -0.05) is 29.8 Å². The molecule has 5 rings (SSSR count). The SMILES string of the molecule is O=C(Nc1cccc(Cl)c1)N1CCN(c2nc(CN3CCN(c4ccccc4F)CC3)cc(=O)[nH]2)CC1. The second kappa shape index (κ2) is 11.2. The zero-order chi connectivity index (χ0) is 25.8. The van der Waals surface area contributed by atoms with E-state index in [4.69, 9.17) is 16.6 Å². The van der Waals surface area contributed by atoms with E-state index in [0.717, 1.165) is 13.1 Å². The van der Waals surface area contributed by atoms with Crippen molar-refractivity contribution in [1.29, 1.82) is 0 Å². The molecule has 37 heavy (non-hydrogen) atoms. The van der Waals surface area contributed by atoms with Crippen molar-refractivity contribution in [3.8, 4) is 0 Å². The van der Waals surface area contributed by atoms with Crippen LogP contribution in [0.2, 0.25) is 5.02 Å². The Balaban J connectivity index is 1.15. The fraction of sp³-hybridized carbons (Fsp3) is 0.346. The number of rotatable bonds is 5. The van der Waals surface area contributed by atoms with Crippen LogP contribution in [0.3, 0.4) is 0 Å². The lowest BCUT2D eigenvalue weighted by atomic mass is 10.2. The molecule has 2 saturated heterocycles. The van der Waals surface area contributed by atoms with Gasteiger partial charge < -0.3 is 20.0 Å². The summed E-state index contributed by atoms with van der Waals surface area (Å²) in [5, 5.41) is 3.43. The number of halogens is 2. The van der Waals surface area contributed by atoms with Crippen molar-refractivity contribution in [2.75, 3.05) is 67.5 Å². The summed E-state index contributed by atoms with van der Waals surface area (Å²) in [7, 11) is 0. The number of anilines is 3. The maximum atomic E-state index is 14.1.